The predicted octanol–water partition coefficient (Wildman–Crippen LogP) is 6.46. The van der Waals surface area contributed by atoms with Gasteiger partial charge in [-0.2, -0.15) is 5.26 Å². The predicted molar refractivity (Wildman–Crippen MR) is 169 cm³/mol. The lowest BCUT2D eigenvalue weighted by atomic mass is 9.34. The molecule has 9 rings (SSSR count). The minimum atomic E-state index is 0.0441. The third kappa shape index (κ3) is 3.11. The molecule has 0 bridgehead atoms. The largest absolute Gasteiger partial charge is 0.458 e. The molecule has 0 radical (unpaired) electrons. The van der Waals surface area contributed by atoms with E-state index in [1.807, 2.05) is 42.5 Å². The fourth-order valence-electron chi connectivity index (χ4n) is 6.83. The molecule has 5 nitrogen and oxygen atoms in total. The van der Waals surface area contributed by atoms with Crippen LogP contribution in [0.2, 0.25) is 0 Å². The molecule has 0 aliphatic carbocycles. The van der Waals surface area contributed by atoms with Crippen LogP contribution >= 0.6 is 0 Å². The number of hydrogen-bond acceptors (Lipinski definition) is 4. The van der Waals surface area contributed by atoms with Gasteiger partial charge in [0, 0.05) is 28.2 Å². The first-order valence-corrected chi connectivity index (χ1v) is 14.0. The van der Waals surface area contributed by atoms with Crippen molar-refractivity contribution in [2.24, 2.45) is 0 Å². The Morgan fingerprint density at radius 2 is 1.29 bits per heavy atom. The molecule has 0 unspecified atom stereocenters. The maximum Gasteiger partial charge on any atom is 0.256 e. The van der Waals surface area contributed by atoms with E-state index in [0.717, 1.165) is 61.3 Å². The molecule has 5 aromatic carbocycles. The summed E-state index contributed by atoms with van der Waals surface area (Å²) >= 11 is 0. The topological polar surface area (TPSA) is 54.1 Å². The Bertz CT molecular complexity index is 2230. The smallest absolute Gasteiger partial charge is 0.256 e. The molecule has 0 atom stereocenters. The van der Waals surface area contributed by atoms with Gasteiger partial charge in [-0.3, -0.25) is 4.57 Å². The number of ether oxygens (including phenoxy) is 1. The van der Waals surface area contributed by atoms with E-state index >= 15 is 0 Å². The Kier molecular flexibility index (Phi) is 4.70. The molecule has 0 saturated carbocycles. The zero-order valence-electron chi connectivity index (χ0n) is 22.4. The molecule has 0 fully saturated rings. The summed E-state index contributed by atoms with van der Waals surface area (Å²) in [5.41, 5.74) is 8.92. The van der Waals surface area contributed by atoms with Crippen LogP contribution in [0, 0.1) is 11.3 Å². The van der Waals surface area contributed by atoms with Crippen LogP contribution in [0.4, 0.5) is 17.1 Å². The van der Waals surface area contributed by atoms with Gasteiger partial charge in [-0.15, -0.1) is 0 Å². The van der Waals surface area contributed by atoms with E-state index in [4.69, 9.17) is 9.72 Å². The highest BCUT2D eigenvalue weighted by Gasteiger charge is 2.41. The van der Waals surface area contributed by atoms with Crippen LogP contribution in [0.5, 0.6) is 11.5 Å². The summed E-state index contributed by atoms with van der Waals surface area (Å²) in [6, 6.07) is 46.1. The van der Waals surface area contributed by atoms with Gasteiger partial charge in [-0.1, -0.05) is 78.9 Å². The summed E-state index contributed by atoms with van der Waals surface area (Å²) in [7, 11) is 0. The molecule has 0 N–H and O–H groups in total. The molecule has 4 heterocycles. The Hall–Kier alpha value is -5.80. The van der Waals surface area contributed by atoms with Crippen molar-refractivity contribution in [1.29, 1.82) is 5.26 Å². The van der Waals surface area contributed by atoms with Crippen molar-refractivity contribution in [3.63, 3.8) is 0 Å². The highest BCUT2D eigenvalue weighted by Crippen LogP contribution is 2.41. The van der Waals surface area contributed by atoms with Crippen molar-refractivity contribution in [3.05, 3.63) is 133 Å². The summed E-state index contributed by atoms with van der Waals surface area (Å²) in [6.45, 7) is 0.0441. The number of anilines is 3. The van der Waals surface area contributed by atoms with E-state index in [-0.39, 0.29) is 6.71 Å². The Balaban J connectivity index is 1.33. The molecule has 2 aliphatic rings. The summed E-state index contributed by atoms with van der Waals surface area (Å²) < 4.78 is 8.61. The SMILES string of the molecule is N#Cc1cc(N2c3ccccc3B3c4ccccc4Oc4cccc2c43)cc(-n2c3ccccc3c3ccccc32)n1. The number of fused-ring (bicyclic) bond motifs is 7. The molecule has 2 aromatic heterocycles. The van der Waals surface area contributed by atoms with Crippen LogP contribution in [0.25, 0.3) is 27.6 Å². The second-order valence-corrected chi connectivity index (χ2v) is 10.7. The maximum atomic E-state index is 10.2. The lowest BCUT2D eigenvalue weighted by molar-refractivity contribution is 0.487. The van der Waals surface area contributed by atoms with Crippen LogP contribution in [-0.2, 0) is 0 Å². The van der Waals surface area contributed by atoms with Gasteiger partial charge in [0.15, 0.2) is 0 Å². The van der Waals surface area contributed by atoms with Crippen LogP contribution in [0.1, 0.15) is 5.69 Å². The highest BCUT2D eigenvalue weighted by atomic mass is 16.5. The molecular formula is C36H21BN4O. The van der Waals surface area contributed by atoms with Gasteiger partial charge in [0.2, 0.25) is 0 Å². The van der Waals surface area contributed by atoms with Crippen molar-refractivity contribution < 1.29 is 4.74 Å². The number of benzene rings is 5. The van der Waals surface area contributed by atoms with E-state index in [1.165, 1.54) is 5.46 Å². The minimum absolute atomic E-state index is 0.0441. The number of para-hydroxylation sites is 4. The molecule has 0 amide bonds. The number of aromatic nitrogens is 2. The van der Waals surface area contributed by atoms with Crippen LogP contribution in [0.15, 0.2) is 127 Å². The number of pyridine rings is 1. The zero-order valence-corrected chi connectivity index (χ0v) is 22.4. The molecule has 42 heavy (non-hydrogen) atoms. The highest BCUT2D eigenvalue weighted by molar-refractivity contribution is 6.99. The second-order valence-electron chi connectivity index (χ2n) is 10.7. The first-order valence-electron chi connectivity index (χ1n) is 14.0. The molecule has 7 aromatic rings. The fourth-order valence-corrected chi connectivity index (χ4v) is 6.83. The number of hydrogen-bond donors (Lipinski definition) is 0. The minimum Gasteiger partial charge on any atom is -0.458 e. The van der Waals surface area contributed by atoms with E-state index in [0.29, 0.717) is 11.5 Å². The molecule has 6 heteroatoms. The molecule has 0 spiro atoms. The summed E-state index contributed by atoms with van der Waals surface area (Å²) in [6.07, 6.45) is 0. The normalized spacial score (nSPS) is 12.8. The Morgan fingerprint density at radius 3 is 2.07 bits per heavy atom. The van der Waals surface area contributed by atoms with Crippen LogP contribution in [-0.4, -0.2) is 16.3 Å². The third-order valence-corrected chi connectivity index (χ3v) is 8.49. The molecule has 0 saturated heterocycles. The van der Waals surface area contributed by atoms with E-state index in [2.05, 4.69) is 100 Å². The Labute approximate surface area is 242 Å². The van der Waals surface area contributed by atoms with E-state index in [1.54, 1.807) is 0 Å². The molecular weight excluding hydrogens is 515 g/mol. The van der Waals surface area contributed by atoms with Crippen molar-refractivity contribution in [2.75, 3.05) is 4.90 Å². The van der Waals surface area contributed by atoms with Crippen molar-refractivity contribution >= 4 is 62.0 Å². The van der Waals surface area contributed by atoms with Crippen molar-refractivity contribution in [1.82, 2.24) is 9.55 Å². The van der Waals surface area contributed by atoms with Crippen molar-refractivity contribution in [3.8, 4) is 23.4 Å². The summed E-state index contributed by atoms with van der Waals surface area (Å²) in [4.78, 5) is 7.09. The van der Waals surface area contributed by atoms with Crippen LogP contribution < -0.4 is 26.0 Å². The van der Waals surface area contributed by atoms with Gasteiger partial charge in [-0.25, -0.2) is 4.98 Å². The number of nitrogens with zero attached hydrogens (tertiary/aromatic N) is 4. The Morgan fingerprint density at radius 1 is 0.643 bits per heavy atom. The van der Waals surface area contributed by atoms with Gasteiger partial charge in [0.1, 0.15) is 29.1 Å². The standard InChI is InChI=1S/C36H21BN4O/c38-22-23-20-24(21-35(39-23)41-29-14-5-1-10-25(29)26-11-2-6-15-30(26)41)40-31-16-7-3-12-27(31)37-28-13-4-8-18-33(28)42-34-19-9-17-32(40)36(34)37/h1-21H. The van der Waals surface area contributed by atoms with Gasteiger partial charge >= 0.3 is 0 Å². The van der Waals surface area contributed by atoms with Gasteiger partial charge < -0.3 is 9.64 Å². The monoisotopic (exact) mass is 536 g/mol. The summed E-state index contributed by atoms with van der Waals surface area (Å²) in [5, 5.41) is 12.5. The second kappa shape index (κ2) is 8.60. The molecule has 194 valence electrons. The zero-order chi connectivity index (χ0) is 27.8. The van der Waals surface area contributed by atoms with Gasteiger partial charge in [-0.05, 0) is 58.9 Å². The third-order valence-electron chi connectivity index (χ3n) is 8.49. The number of rotatable bonds is 2. The van der Waals surface area contributed by atoms with E-state index < -0.39 is 0 Å². The average molecular weight is 536 g/mol. The quantitative estimate of drug-likeness (QED) is 0.238. The first-order chi connectivity index (χ1) is 20.8. The van der Waals surface area contributed by atoms with Crippen molar-refractivity contribution in [2.45, 2.75) is 0 Å². The van der Waals surface area contributed by atoms with Crippen LogP contribution in [0.3, 0.4) is 0 Å². The lowest BCUT2D eigenvalue weighted by Crippen LogP contribution is -2.59. The first kappa shape index (κ1) is 23.0. The maximum absolute atomic E-state index is 10.2. The lowest BCUT2D eigenvalue weighted by Gasteiger charge is -2.39. The van der Waals surface area contributed by atoms with Gasteiger partial charge in [0.05, 0.1) is 16.7 Å². The van der Waals surface area contributed by atoms with Gasteiger partial charge in [0.25, 0.3) is 6.71 Å². The average Bonchev–Trinajstić information content (AvgIpc) is 3.39. The van der Waals surface area contributed by atoms with E-state index in [9.17, 15) is 5.26 Å². The fraction of sp³-hybridized carbons (Fsp3) is 0. The number of nitriles is 1. The summed E-state index contributed by atoms with van der Waals surface area (Å²) in [5.74, 6) is 2.44. The molecule has 2 aliphatic heterocycles.